The molecule has 0 amide bonds. The van der Waals surface area contributed by atoms with Gasteiger partial charge in [0.05, 0.1) is 7.11 Å². The number of halogens is 6. The van der Waals surface area contributed by atoms with Crippen LogP contribution in [-0.4, -0.2) is 24.3 Å². The SMILES string of the molecule is COc1ccc(C(O)(c2cccc(Br)c2)C(F)(F)C(F)(F)F)cc1. The second-order valence-electron chi connectivity index (χ2n) is 5.02. The van der Waals surface area contributed by atoms with E-state index in [-0.39, 0.29) is 10.2 Å². The van der Waals surface area contributed by atoms with Crippen LogP contribution in [0.3, 0.4) is 0 Å². The second-order valence-corrected chi connectivity index (χ2v) is 5.94. The Labute approximate surface area is 143 Å². The molecule has 0 aromatic heterocycles. The van der Waals surface area contributed by atoms with E-state index in [0.29, 0.717) is 0 Å². The molecule has 0 heterocycles. The van der Waals surface area contributed by atoms with E-state index in [4.69, 9.17) is 4.74 Å². The summed E-state index contributed by atoms with van der Waals surface area (Å²) in [7, 11) is 1.32. The van der Waals surface area contributed by atoms with Crippen LogP contribution in [0.5, 0.6) is 5.75 Å². The topological polar surface area (TPSA) is 29.5 Å². The van der Waals surface area contributed by atoms with Crippen LogP contribution in [-0.2, 0) is 5.60 Å². The lowest BCUT2D eigenvalue weighted by Crippen LogP contribution is -2.55. The van der Waals surface area contributed by atoms with Crippen molar-refractivity contribution in [1.82, 2.24) is 0 Å². The smallest absolute Gasteiger partial charge is 0.457 e. The average molecular weight is 411 g/mol. The first kappa shape index (κ1) is 18.7. The van der Waals surface area contributed by atoms with Crippen LogP contribution in [0.4, 0.5) is 22.0 Å². The summed E-state index contributed by atoms with van der Waals surface area (Å²) < 4.78 is 72.6. The number of rotatable bonds is 4. The zero-order valence-electron chi connectivity index (χ0n) is 12.2. The molecule has 0 spiro atoms. The Bertz CT molecular complexity index is 715. The first-order valence-corrected chi connectivity index (χ1v) is 7.41. The third kappa shape index (κ3) is 3.00. The van der Waals surface area contributed by atoms with Gasteiger partial charge in [0.15, 0.2) is 5.60 Å². The molecule has 0 bridgehead atoms. The van der Waals surface area contributed by atoms with Crippen LogP contribution in [0, 0.1) is 0 Å². The molecule has 2 aromatic carbocycles. The maximum absolute atomic E-state index is 14.2. The zero-order valence-corrected chi connectivity index (χ0v) is 13.8. The van der Waals surface area contributed by atoms with Crippen LogP contribution in [0.2, 0.25) is 0 Å². The number of hydrogen-bond acceptors (Lipinski definition) is 2. The average Bonchev–Trinajstić information content (AvgIpc) is 2.53. The highest BCUT2D eigenvalue weighted by Gasteiger charge is 2.71. The molecule has 1 N–H and O–H groups in total. The number of benzene rings is 2. The van der Waals surface area contributed by atoms with Gasteiger partial charge in [-0.15, -0.1) is 0 Å². The van der Waals surface area contributed by atoms with Crippen molar-refractivity contribution in [3.05, 3.63) is 64.1 Å². The summed E-state index contributed by atoms with van der Waals surface area (Å²) in [5.41, 5.74) is -4.80. The first-order chi connectivity index (χ1) is 11.0. The Kier molecular flexibility index (Phi) is 4.92. The summed E-state index contributed by atoms with van der Waals surface area (Å²) in [5.74, 6) is -5.17. The Morgan fingerprint density at radius 1 is 0.917 bits per heavy atom. The molecule has 0 aliphatic heterocycles. The van der Waals surface area contributed by atoms with Crippen molar-refractivity contribution in [1.29, 1.82) is 0 Å². The molecule has 0 aliphatic rings. The normalized spacial score (nSPS) is 15.0. The van der Waals surface area contributed by atoms with E-state index < -0.39 is 28.8 Å². The third-order valence-electron chi connectivity index (χ3n) is 3.56. The van der Waals surface area contributed by atoms with Gasteiger partial charge in [-0.2, -0.15) is 22.0 Å². The Morgan fingerprint density at radius 3 is 1.96 bits per heavy atom. The molecule has 2 nitrogen and oxygen atoms in total. The van der Waals surface area contributed by atoms with Crippen molar-refractivity contribution in [2.45, 2.75) is 17.7 Å². The van der Waals surface area contributed by atoms with Crippen molar-refractivity contribution in [3.8, 4) is 5.75 Å². The standard InChI is InChI=1S/C16H12BrF5O2/c1-24-13-7-5-10(6-8-13)14(23,15(18,19)16(20,21)22)11-3-2-4-12(17)9-11/h2-9,23H,1H3. The van der Waals surface area contributed by atoms with E-state index in [1.807, 2.05) is 0 Å². The van der Waals surface area contributed by atoms with Crippen LogP contribution in [0.15, 0.2) is 53.0 Å². The number of ether oxygens (including phenoxy) is 1. The van der Waals surface area contributed by atoms with E-state index in [0.717, 1.165) is 24.3 Å². The molecule has 0 aliphatic carbocycles. The van der Waals surface area contributed by atoms with Gasteiger partial charge in [0.25, 0.3) is 0 Å². The van der Waals surface area contributed by atoms with Crippen molar-refractivity contribution in [2.75, 3.05) is 7.11 Å². The predicted molar refractivity (Wildman–Crippen MR) is 81.1 cm³/mol. The van der Waals surface area contributed by atoms with Crippen LogP contribution >= 0.6 is 15.9 Å². The molecule has 0 saturated carbocycles. The summed E-state index contributed by atoms with van der Waals surface area (Å²) in [6.45, 7) is 0. The summed E-state index contributed by atoms with van der Waals surface area (Å²) in [6.07, 6.45) is -5.95. The highest BCUT2D eigenvalue weighted by molar-refractivity contribution is 9.10. The minimum Gasteiger partial charge on any atom is -0.497 e. The number of methoxy groups -OCH3 is 1. The van der Waals surface area contributed by atoms with Crippen molar-refractivity contribution >= 4 is 15.9 Å². The fourth-order valence-electron chi connectivity index (χ4n) is 2.28. The van der Waals surface area contributed by atoms with Gasteiger partial charge in [0.1, 0.15) is 5.75 Å². The number of hydrogen-bond donors (Lipinski definition) is 1. The molecule has 0 fully saturated rings. The quantitative estimate of drug-likeness (QED) is 0.727. The minimum atomic E-state index is -5.95. The maximum atomic E-state index is 14.2. The Hall–Kier alpha value is -1.67. The van der Waals surface area contributed by atoms with Crippen LogP contribution < -0.4 is 4.74 Å². The molecule has 1 atom stereocenters. The van der Waals surface area contributed by atoms with E-state index in [1.165, 1.54) is 31.4 Å². The number of alkyl halides is 5. The highest BCUT2D eigenvalue weighted by Crippen LogP contribution is 2.52. The van der Waals surface area contributed by atoms with Gasteiger partial charge < -0.3 is 9.84 Å². The van der Waals surface area contributed by atoms with E-state index >= 15 is 0 Å². The lowest BCUT2D eigenvalue weighted by atomic mass is 9.80. The highest BCUT2D eigenvalue weighted by atomic mass is 79.9. The Balaban J connectivity index is 2.74. The molecule has 24 heavy (non-hydrogen) atoms. The van der Waals surface area contributed by atoms with Gasteiger partial charge in [-0.3, -0.25) is 0 Å². The summed E-state index contributed by atoms with van der Waals surface area (Å²) in [6, 6.07) is 9.08. The molecule has 0 radical (unpaired) electrons. The van der Waals surface area contributed by atoms with E-state index in [1.54, 1.807) is 0 Å². The molecule has 0 saturated heterocycles. The summed E-state index contributed by atoms with van der Waals surface area (Å²) in [4.78, 5) is 0. The second kappa shape index (κ2) is 6.33. The van der Waals surface area contributed by atoms with E-state index in [2.05, 4.69) is 15.9 Å². The summed E-state index contributed by atoms with van der Waals surface area (Å²) in [5, 5.41) is 10.6. The van der Waals surface area contributed by atoms with Gasteiger partial charge in [-0.05, 0) is 35.4 Å². The maximum Gasteiger partial charge on any atom is 0.457 e. The van der Waals surface area contributed by atoms with Crippen LogP contribution in [0.25, 0.3) is 0 Å². The zero-order chi connectivity index (χ0) is 18.2. The van der Waals surface area contributed by atoms with Gasteiger partial charge in [-0.25, -0.2) is 0 Å². The number of aliphatic hydroxyl groups is 1. The first-order valence-electron chi connectivity index (χ1n) is 6.61. The third-order valence-corrected chi connectivity index (χ3v) is 4.05. The van der Waals surface area contributed by atoms with Gasteiger partial charge in [0, 0.05) is 4.47 Å². The van der Waals surface area contributed by atoms with Gasteiger partial charge >= 0.3 is 12.1 Å². The molecule has 2 rings (SSSR count). The van der Waals surface area contributed by atoms with Gasteiger partial charge in [0.2, 0.25) is 0 Å². The molecule has 8 heteroatoms. The monoisotopic (exact) mass is 410 g/mol. The molecular weight excluding hydrogens is 399 g/mol. The lowest BCUT2D eigenvalue weighted by molar-refractivity contribution is -0.336. The van der Waals surface area contributed by atoms with Crippen molar-refractivity contribution in [2.24, 2.45) is 0 Å². The Morgan fingerprint density at radius 2 is 1.50 bits per heavy atom. The summed E-state index contributed by atoms with van der Waals surface area (Å²) >= 11 is 3.01. The molecule has 130 valence electrons. The van der Waals surface area contributed by atoms with Crippen LogP contribution in [0.1, 0.15) is 11.1 Å². The van der Waals surface area contributed by atoms with Gasteiger partial charge in [-0.1, -0.05) is 40.2 Å². The molecule has 2 aromatic rings. The van der Waals surface area contributed by atoms with E-state index in [9.17, 15) is 27.1 Å². The minimum absolute atomic E-state index is 0.255. The fourth-order valence-corrected chi connectivity index (χ4v) is 2.68. The molecule has 1 unspecified atom stereocenters. The largest absolute Gasteiger partial charge is 0.497 e. The van der Waals surface area contributed by atoms with Crippen molar-refractivity contribution in [3.63, 3.8) is 0 Å². The predicted octanol–water partition coefficient (Wildman–Crippen LogP) is 4.89. The lowest BCUT2D eigenvalue weighted by Gasteiger charge is -2.37. The molecular formula is C16H12BrF5O2. The van der Waals surface area contributed by atoms with Crippen molar-refractivity contribution < 1.29 is 31.8 Å². The fraction of sp³-hybridized carbons (Fsp3) is 0.250.